The van der Waals surface area contributed by atoms with Crippen molar-refractivity contribution in [2.45, 2.75) is 13.5 Å². The molecule has 0 atom stereocenters. The fourth-order valence-corrected chi connectivity index (χ4v) is 0.673. The van der Waals surface area contributed by atoms with Crippen molar-refractivity contribution in [3.8, 4) is 5.88 Å². The van der Waals surface area contributed by atoms with Crippen molar-refractivity contribution < 1.29 is 5.11 Å². The van der Waals surface area contributed by atoms with E-state index < -0.39 is 0 Å². The van der Waals surface area contributed by atoms with Crippen LogP contribution < -0.4 is 0 Å². The van der Waals surface area contributed by atoms with E-state index in [2.05, 4.69) is 0 Å². The minimum atomic E-state index is 0.340. The molecule has 0 aromatic carbocycles. The molecular weight excluding hydrogens is 102 g/mol. The van der Waals surface area contributed by atoms with Crippen LogP contribution in [-0.2, 0) is 6.54 Å². The summed E-state index contributed by atoms with van der Waals surface area (Å²) in [6.45, 7) is 2.82. The molecule has 0 saturated carbocycles. The first kappa shape index (κ1) is 5.22. The SMILES string of the molecule is CCn1cccc1O. The van der Waals surface area contributed by atoms with E-state index in [9.17, 15) is 0 Å². The number of aromatic hydroxyl groups is 1. The van der Waals surface area contributed by atoms with Crippen molar-refractivity contribution in [2.24, 2.45) is 0 Å². The highest BCUT2D eigenvalue weighted by atomic mass is 16.3. The number of hydrogen-bond acceptors (Lipinski definition) is 1. The fourth-order valence-electron chi connectivity index (χ4n) is 0.673. The lowest BCUT2D eigenvalue weighted by Gasteiger charge is -1.95. The first-order valence-electron chi connectivity index (χ1n) is 2.68. The molecule has 1 aromatic heterocycles. The van der Waals surface area contributed by atoms with Crippen LogP contribution in [0, 0.1) is 0 Å². The van der Waals surface area contributed by atoms with Gasteiger partial charge in [-0.15, -0.1) is 0 Å². The highest BCUT2D eigenvalue weighted by Gasteiger charge is 1.90. The third kappa shape index (κ3) is 0.689. The highest BCUT2D eigenvalue weighted by Crippen LogP contribution is 2.07. The molecule has 0 amide bonds. The Labute approximate surface area is 48.4 Å². The summed E-state index contributed by atoms with van der Waals surface area (Å²) in [7, 11) is 0. The van der Waals surface area contributed by atoms with E-state index >= 15 is 0 Å². The number of hydrogen-bond donors (Lipinski definition) is 1. The lowest BCUT2D eigenvalue weighted by Crippen LogP contribution is -1.87. The number of rotatable bonds is 1. The summed E-state index contributed by atoms with van der Waals surface area (Å²) in [6, 6.07) is 3.49. The Bertz CT molecular complexity index is 169. The van der Waals surface area contributed by atoms with Gasteiger partial charge in [0.25, 0.3) is 0 Å². The van der Waals surface area contributed by atoms with Gasteiger partial charge in [-0.1, -0.05) is 0 Å². The molecule has 0 aliphatic heterocycles. The van der Waals surface area contributed by atoms with Gasteiger partial charge in [0.2, 0.25) is 0 Å². The molecule has 0 aliphatic rings. The van der Waals surface area contributed by atoms with Gasteiger partial charge in [0, 0.05) is 12.7 Å². The van der Waals surface area contributed by atoms with Crippen molar-refractivity contribution in [3.05, 3.63) is 18.3 Å². The lowest BCUT2D eigenvalue weighted by molar-refractivity contribution is 0.422. The van der Waals surface area contributed by atoms with Gasteiger partial charge >= 0.3 is 0 Å². The molecule has 0 fully saturated rings. The van der Waals surface area contributed by atoms with Crippen LogP contribution in [0.15, 0.2) is 18.3 Å². The first-order valence-corrected chi connectivity index (χ1v) is 2.68. The quantitative estimate of drug-likeness (QED) is 0.579. The van der Waals surface area contributed by atoms with E-state index in [0.29, 0.717) is 5.88 Å². The van der Waals surface area contributed by atoms with Gasteiger partial charge in [0.15, 0.2) is 5.88 Å². The lowest BCUT2D eigenvalue weighted by atomic mass is 10.7. The van der Waals surface area contributed by atoms with Crippen LogP contribution in [0.1, 0.15) is 6.92 Å². The molecule has 0 spiro atoms. The predicted octanol–water partition coefficient (Wildman–Crippen LogP) is 1.21. The summed E-state index contributed by atoms with van der Waals surface area (Å²) >= 11 is 0. The van der Waals surface area contributed by atoms with E-state index in [1.165, 1.54) is 0 Å². The van der Waals surface area contributed by atoms with Gasteiger partial charge < -0.3 is 9.67 Å². The smallest absolute Gasteiger partial charge is 0.190 e. The largest absolute Gasteiger partial charge is 0.494 e. The van der Waals surface area contributed by atoms with E-state index in [-0.39, 0.29) is 0 Å². The summed E-state index contributed by atoms with van der Waals surface area (Å²) in [5.74, 6) is 0.340. The van der Waals surface area contributed by atoms with Crippen LogP contribution in [0.25, 0.3) is 0 Å². The van der Waals surface area contributed by atoms with Crippen LogP contribution in [0.2, 0.25) is 0 Å². The number of aromatic nitrogens is 1. The Hall–Kier alpha value is -0.920. The van der Waals surface area contributed by atoms with Crippen LogP contribution in [-0.4, -0.2) is 9.67 Å². The highest BCUT2D eigenvalue weighted by molar-refractivity contribution is 5.10. The van der Waals surface area contributed by atoms with E-state index in [4.69, 9.17) is 5.11 Å². The van der Waals surface area contributed by atoms with Gasteiger partial charge in [0.05, 0.1) is 0 Å². The third-order valence-electron chi connectivity index (χ3n) is 1.15. The van der Waals surface area contributed by atoms with Crippen LogP contribution in [0.3, 0.4) is 0 Å². The van der Waals surface area contributed by atoms with Gasteiger partial charge in [-0.05, 0) is 19.1 Å². The fraction of sp³-hybridized carbons (Fsp3) is 0.333. The van der Waals surface area contributed by atoms with Crippen LogP contribution in [0.5, 0.6) is 5.88 Å². The Morgan fingerprint density at radius 3 is 2.75 bits per heavy atom. The second-order valence-electron chi connectivity index (χ2n) is 1.65. The van der Waals surface area contributed by atoms with Gasteiger partial charge in [0.1, 0.15) is 0 Å². The summed E-state index contributed by atoms with van der Waals surface area (Å²) < 4.78 is 1.76. The second kappa shape index (κ2) is 1.90. The molecule has 0 bridgehead atoms. The van der Waals surface area contributed by atoms with Crippen molar-refractivity contribution in [2.75, 3.05) is 0 Å². The predicted molar refractivity (Wildman–Crippen MR) is 31.8 cm³/mol. The van der Waals surface area contributed by atoms with Crippen molar-refractivity contribution in [1.29, 1.82) is 0 Å². The molecule has 0 unspecified atom stereocenters. The van der Waals surface area contributed by atoms with Crippen molar-refractivity contribution in [1.82, 2.24) is 4.57 Å². The average molecular weight is 111 g/mol. The minimum Gasteiger partial charge on any atom is -0.494 e. The molecule has 2 heteroatoms. The molecule has 44 valence electrons. The summed E-state index contributed by atoms with van der Waals surface area (Å²) in [4.78, 5) is 0. The molecule has 1 rings (SSSR count). The van der Waals surface area contributed by atoms with Gasteiger partial charge in [-0.25, -0.2) is 0 Å². The molecule has 8 heavy (non-hydrogen) atoms. The average Bonchev–Trinajstić information content (AvgIpc) is 2.14. The van der Waals surface area contributed by atoms with Gasteiger partial charge in [-0.3, -0.25) is 0 Å². The third-order valence-corrected chi connectivity index (χ3v) is 1.15. The molecule has 1 N–H and O–H groups in total. The molecule has 1 heterocycles. The monoisotopic (exact) mass is 111 g/mol. The van der Waals surface area contributed by atoms with Crippen molar-refractivity contribution >= 4 is 0 Å². The maximum absolute atomic E-state index is 8.91. The minimum absolute atomic E-state index is 0.340. The topological polar surface area (TPSA) is 25.2 Å². The molecular formula is C6H9NO. The molecule has 0 aliphatic carbocycles. The zero-order valence-electron chi connectivity index (χ0n) is 4.83. The van der Waals surface area contributed by atoms with E-state index in [1.807, 2.05) is 19.2 Å². The molecule has 0 saturated heterocycles. The van der Waals surface area contributed by atoms with Crippen LogP contribution >= 0.6 is 0 Å². The molecule has 1 aromatic rings. The van der Waals surface area contributed by atoms with E-state index in [1.54, 1.807) is 10.6 Å². The first-order chi connectivity index (χ1) is 3.84. The zero-order chi connectivity index (χ0) is 5.98. The van der Waals surface area contributed by atoms with Crippen LogP contribution in [0.4, 0.5) is 0 Å². The summed E-state index contributed by atoms with van der Waals surface area (Å²) in [5.41, 5.74) is 0. The maximum Gasteiger partial charge on any atom is 0.190 e. The Morgan fingerprint density at radius 2 is 2.50 bits per heavy atom. The summed E-state index contributed by atoms with van der Waals surface area (Å²) in [5, 5.41) is 8.91. The number of aryl methyl sites for hydroxylation is 1. The normalized spacial score (nSPS) is 9.62. The molecule has 0 radical (unpaired) electrons. The Balaban J connectivity index is 2.92. The maximum atomic E-state index is 8.91. The van der Waals surface area contributed by atoms with E-state index in [0.717, 1.165) is 6.54 Å². The molecule has 2 nitrogen and oxygen atoms in total. The summed E-state index contributed by atoms with van der Waals surface area (Å²) in [6.07, 6.45) is 1.84. The number of nitrogens with zero attached hydrogens (tertiary/aromatic N) is 1. The zero-order valence-corrected chi connectivity index (χ0v) is 4.83. The Kier molecular flexibility index (Phi) is 1.24. The second-order valence-corrected chi connectivity index (χ2v) is 1.65. The van der Waals surface area contributed by atoms with Gasteiger partial charge in [-0.2, -0.15) is 0 Å². The standard InChI is InChI=1S/C6H9NO/c1-2-7-5-3-4-6(7)8/h3-5,8H,2H2,1H3. The van der Waals surface area contributed by atoms with Crippen molar-refractivity contribution in [3.63, 3.8) is 0 Å². The Morgan fingerprint density at radius 1 is 1.75 bits per heavy atom.